The van der Waals surface area contributed by atoms with Crippen LogP contribution >= 0.6 is 11.6 Å². The minimum Gasteiger partial charge on any atom is -0.309 e. The first-order chi connectivity index (χ1) is 8.25. The van der Waals surface area contributed by atoms with Gasteiger partial charge < -0.3 is 5.32 Å². The topological polar surface area (TPSA) is 24.9 Å². The van der Waals surface area contributed by atoms with Crippen LogP contribution in [0.2, 0.25) is 5.02 Å². The first-order valence-corrected chi connectivity index (χ1v) is 5.67. The number of nitrogens with one attached hydrogen (secondary N) is 1. The third kappa shape index (κ3) is 3.51. The van der Waals surface area contributed by atoms with Crippen LogP contribution < -0.4 is 5.32 Å². The summed E-state index contributed by atoms with van der Waals surface area (Å²) in [6.07, 6.45) is 3.55. The second-order valence-corrected chi connectivity index (χ2v) is 4.12. The van der Waals surface area contributed by atoms with Gasteiger partial charge in [-0.2, -0.15) is 0 Å². The first-order valence-electron chi connectivity index (χ1n) is 5.29. The van der Waals surface area contributed by atoms with E-state index in [0.29, 0.717) is 6.54 Å². The van der Waals surface area contributed by atoms with Gasteiger partial charge in [0, 0.05) is 25.5 Å². The SMILES string of the molecule is Fc1ccc(CNCc2cccnc2)cc1Cl. The van der Waals surface area contributed by atoms with Gasteiger partial charge in [0.2, 0.25) is 0 Å². The van der Waals surface area contributed by atoms with Crippen molar-refractivity contribution in [3.05, 3.63) is 64.7 Å². The highest BCUT2D eigenvalue weighted by Crippen LogP contribution is 2.15. The zero-order valence-corrected chi connectivity index (χ0v) is 9.91. The van der Waals surface area contributed by atoms with Crippen molar-refractivity contribution in [1.29, 1.82) is 0 Å². The molecule has 88 valence electrons. The lowest BCUT2D eigenvalue weighted by molar-refractivity contribution is 0.625. The van der Waals surface area contributed by atoms with Crippen molar-refractivity contribution in [2.45, 2.75) is 13.1 Å². The minimum atomic E-state index is -0.386. The van der Waals surface area contributed by atoms with Crippen LogP contribution in [-0.4, -0.2) is 4.98 Å². The lowest BCUT2D eigenvalue weighted by atomic mass is 10.2. The van der Waals surface area contributed by atoms with Crippen molar-refractivity contribution in [1.82, 2.24) is 10.3 Å². The minimum absolute atomic E-state index is 0.158. The monoisotopic (exact) mass is 250 g/mol. The zero-order valence-electron chi connectivity index (χ0n) is 9.16. The summed E-state index contributed by atoms with van der Waals surface area (Å²) in [5, 5.41) is 3.40. The molecule has 0 radical (unpaired) electrons. The van der Waals surface area contributed by atoms with Crippen molar-refractivity contribution in [2.75, 3.05) is 0 Å². The van der Waals surface area contributed by atoms with E-state index in [4.69, 9.17) is 11.6 Å². The van der Waals surface area contributed by atoms with Gasteiger partial charge in [0.05, 0.1) is 5.02 Å². The number of halogens is 2. The fourth-order valence-electron chi connectivity index (χ4n) is 1.50. The van der Waals surface area contributed by atoms with E-state index in [0.717, 1.165) is 17.7 Å². The second kappa shape index (κ2) is 5.75. The van der Waals surface area contributed by atoms with Gasteiger partial charge in [0.15, 0.2) is 0 Å². The molecule has 0 aliphatic heterocycles. The molecule has 1 N–H and O–H groups in total. The molecule has 2 rings (SSSR count). The summed E-state index contributed by atoms with van der Waals surface area (Å²) in [4.78, 5) is 4.03. The summed E-state index contributed by atoms with van der Waals surface area (Å²) in [7, 11) is 0. The Hall–Kier alpha value is -1.45. The Morgan fingerprint density at radius 3 is 2.71 bits per heavy atom. The Morgan fingerprint density at radius 2 is 2.00 bits per heavy atom. The van der Waals surface area contributed by atoms with E-state index in [2.05, 4.69) is 10.3 Å². The Balaban J connectivity index is 1.88. The maximum atomic E-state index is 12.9. The molecule has 0 spiro atoms. The van der Waals surface area contributed by atoms with Crippen LogP contribution in [0.5, 0.6) is 0 Å². The summed E-state index contributed by atoms with van der Waals surface area (Å²) in [6.45, 7) is 1.37. The normalized spacial score (nSPS) is 10.5. The van der Waals surface area contributed by atoms with Crippen LogP contribution in [0.1, 0.15) is 11.1 Å². The molecule has 17 heavy (non-hydrogen) atoms. The molecule has 0 atom stereocenters. The standard InChI is InChI=1S/C13H12ClFN2/c14-12-6-10(3-4-13(12)15)7-17-9-11-2-1-5-16-8-11/h1-6,8,17H,7,9H2. The Morgan fingerprint density at radius 1 is 1.18 bits per heavy atom. The first kappa shape index (κ1) is 12.0. The van der Waals surface area contributed by atoms with E-state index in [1.165, 1.54) is 6.07 Å². The van der Waals surface area contributed by atoms with E-state index >= 15 is 0 Å². The molecular formula is C13H12ClFN2. The van der Waals surface area contributed by atoms with Crippen LogP contribution in [0, 0.1) is 5.82 Å². The molecule has 0 amide bonds. The predicted molar refractivity (Wildman–Crippen MR) is 66.2 cm³/mol. The summed E-state index contributed by atoms with van der Waals surface area (Å²) in [5.74, 6) is -0.386. The van der Waals surface area contributed by atoms with Gasteiger partial charge in [-0.3, -0.25) is 4.98 Å². The highest BCUT2D eigenvalue weighted by molar-refractivity contribution is 6.30. The highest BCUT2D eigenvalue weighted by Gasteiger charge is 2.00. The Labute approximate surface area is 104 Å². The summed E-state index contributed by atoms with van der Waals surface area (Å²) in [5.41, 5.74) is 2.07. The number of hydrogen-bond acceptors (Lipinski definition) is 2. The molecule has 2 nitrogen and oxygen atoms in total. The Kier molecular flexibility index (Phi) is 4.07. The van der Waals surface area contributed by atoms with Gasteiger partial charge in [-0.1, -0.05) is 23.7 Å². The molecule has 0 saturated carbocycles. The van der Waals surface area contributed by atoms with Gasteiger partial charge >= 0.3 is 0 Å². The fraction of sp³-hybridized carbons (Fsp3) is 0.154. The summed E-state index contributed by atoms with van der Waals surface area (Å²) >= 11 is 5.70. The molecule has 1 aromatic carbocycles. The van der Waals surface area contributed by atoms with Crippen molar-refractivity contribution >= 4 is 11.6 Å². The molecule has 0 fully saturated rings. The molecule has 0 saturated heterocycles. The average molecular weight is 251 g/mol. The lowest BCUT2D eigenvalue weighted by Crippen LogP contribution is -2.12. The molecular weight excluding hydrogens is 239 g/mol. The quantitative estimate of drug-likeness (QED) is 0.902. The largest absolute Gasteiger partial charge is 0.309 e. The van der Waals surface area contributed by atoms with Gasteiger partial charge in [-0.05, 0) is 29.3 Å². The van der Waals surface area contributed by atoms with Gasteiger partial charge in [0.1, 0.15) is 5.82 Å². The smallest absolute Gasteiger partial charge is 0.141 e. The molecule has 0 aliphatic rings. The molecule has 2 aromatic rings. The van der Waals surface area contributed by atoms with E-state index in [1.807, 2.05) is 18.3 Å². The number of benzene rings is 1. The number of hydrogen-bond donors (Lipinski definition) is 1. The third-order valence-electron chi connectivity index (χ3n) is 2.37. The van der Waals surface area contributed by atoms with Crippen LogP contribution in [0.15, 0.2) is 42.7 Å². The molecule has 1 aromatic heterocycles. The number of pyridine rings is 1. The van der Waals surface area contributed by atoms with E-state index in [-0.39, 0.29) is 10.8 Å². The Bertz CT molecular complexity index is 488. The lowest BCUT2D eigenvalue weighted by Gasteiger charge is -2.05. The average Bonchev–Trinajstić information content (AvgIpc) is 2.35. The van der Waals surface area contributed by atoms with E-state index < -0.39 is 0 Å². The summed E-state index contributed by atoms with van der Waals surface area (Å²) in [6, 6.07) is 8.62. The molecule has 4 heteroatoms. The fourth-order valence-corrected chi connectivity index (χ4v) is 1.71. The molecule has 0 bridgehead atoms. The highest BCUT2D eigenvalue weighted by atomic mass is 35.5. The van der Waals surface area contributed by atoms with Gasteiger partial charge in [-0.15, -0.1) is 0 Å². The molecule has 0 unspecified atom stereocenters. The maximum absolute atomic E-state index is 12.9. The van der Waals surface area contributed by atoms with Crippen LogP contribution in [0.3, 0.4) is 0 Å². The number of nitrogens with zero attached hydrogens (tertiary/aromatic N) is 1. The van der Waals surface area contributed by atoms with Gasteiger partial charge in [0.25, 0.3) is 0 Å². The zero-order chi connectivity index (χ0) is 12.1. The van der Waals surface area contributed by atoms with Crippen LogP contribution in [0.4, 0.5) is 4.39 Å². The molecule has 0 aliphatic carbocycles. The van der Waals surface area contributed by atoms with Crippen molar-refractivity contribution in [3.8, 4) is 0 Å². The second-order valence-electron chi connectivity index (χ2n) is 3.71. The summed E-state index contributed by atoms with van der Waals surface area (Å²) < 4.78 is 12.9. The number of rotatable bonds is 4. The van der Waals surface area contributed by atoms with Crippen molar-refractivity contribution in [2.24, 2.45) is 0 Å². The van der Waals surface area contributed by atoms with E-state index in [9.17, 15) is 4.39 Å². The number of aromatic nitrogens is 1. The van der Waals surface area contributed by atoms with Crippen LogP contribution in [0.25, 0.3) is 0 Å². The van der Waals surface area contributed by atoms with E-state index in [1.54, 1.807) is 18.3 Å². The van der Waals surface area contributed by atoms with Gasteiger partial charge in [-0.25, -0.2) is 4.39 Å². The maximum Gasteiger partial charge on any atom is 0.141 e. The van der Waals surface area contributed by atoms with Crippen LogP contribution in [-0.2, 0) is 13.1 Å². The third-order valence-corrected chi connectivity index (χ3v) is 2.65. The molecule has 1 heterocycles. The van der Waals surface area contributed by atoms with Crippen molar-refractivity contribution in [3.63, 3.8) is 0 Å². The van der Waals surface area contributed by atoms with Crippen molar-refractivity contribution < 1.29 is 4.39 Å². The predicted octanol–water partition coefficient (Wildman–Crippen LogP) is 3.16.